The summed E-state index contributed by atoms with van der Waals surface area (Å²) in [6, 6.07) is 13.0. The van der Waals surface area contributed by atoms with E-state index in [1.54, 1.807) is 37.5 Å². The summed E-state index contributed by atoms with van der Waals surface area (Å²) < 4.78 is 5.09. The molecule has 0 spiro atoms. The highest BCUT2D eigenvalue weighted by molar-refractivity contribution is 6.51. The quantitative estimate of drug-likeness (QED) is 0.684. The van der Waals surface area contributed by atoms with E-state index >= 15 is 0 Å². The van der Waals surface area contributed by atoms with Crippen molar-refractivity contribution in [1.29, 1.82) is 0 Å². The van der Waals surface area contributed by atoms with Gasteiger partial charge in [-0.2, -0.15) is 0 Å². The molecule has 6 heteroatoms. The lowest BCUT2D eigenvalue weighted by Gasteiger charge is -2.14. The van der Waals surface area contributed by atoms with Crippen molar-refractivity contribution < 1.29 is 24.2 Å². The van der Waals surface area contributed by atoms with Crippen LogP contribution in [0.15, 0.2) is 54.1 Å². The van der Waals surface area contributed by atoms with Gasteiger partial charge in [0, 0.05) is 11.3 Å². The van der Waals surface area contributed by atoms with E-state index in [2.05, 4.69) is 0 Å². The van der Waals surface area contributed by atoms with Crippen molar-refractivity contribution in [3.05, 3.63) is 65.2 Å². The first-order valence-electron chi connectivity index (χ1n) is 7.54. The number of aromatic carboxylic acids is 1. The molecule has 0 aliphatic carbocycles. The van der Waals surface area contributed by atoms with Crippen LogP contribution in [-0.4, -0.2) is 36.4 Å². The minimum absolute atomic E-state index is 0.121. The van der Waals surface area contributed by atoms with Crippen LogP contribution in [0.5, 0.6) is 5.75 Å². The number of rotatable bonds is 4. The smallest absolute Gasteiger partial charge is 0.335 e. The van der Waals surface area contributed by atoms with Gasteiger partial charge in [-0.1, -0.05) is 12.1 Å². The van der Waals surface area contributed by atoms with E-state index < -0.39 is 17.7 Å². The number of carbonyl (C=O) groups is 3. The molecule has 3 rings (SSSR count). The number of nitrogens with zero attached hydrogens (tertiary/aromatic N) is 1. The molecular weight excluding hydrogens is 322 g/mol. The van der Waals surface area contributed by atoms with E-state index in [0.29, 0.717) is 17.0 Å². The van der Waals surface area contributed by atoms with Crippen LogP contribution >= 0.6 is 0 Å². The van der Waals surface area contributed by atoms with Gasteiger partial charge in [0.1, 0.15) is 5.75 Å². The molecule has 1 N–H and O–H groups in total. The maximum Gasteiger partial charge on any atom is 0.335 e. The maximum absolute atomic E-state index is 12.2. The lowest BCUT2D eigenvalue weighted by atomic mass is 10.1. The Labute approximate surface area is 143 Å². The first-order chi connectivity index (χ1) is 12.0. The van der Waals surface area contributed by atoms with Gasteiger partial charge in [0.05, 0.1) is 19.2 Å². The molecule has 6 nitrogen and oxygen atoms in total. The summed E-state index contributed by atoms with van der Waals surface area (Å²) in [5, 5.41) is 8.93. The van der Waals surface area contributed by atoms with E-state index in [0.717, 1.165) is 5.56 Å². The number of benzene rings is 2. The largest absolute Gasteiger partial charge is 0.497 e. The molecule has 0 atom stereocenters. The summed E-state index contributed by atoms with van der Waals surface area (Å²) in [7, 11) is 1.57. The average Bonchev–Trinajstić information content (AvgIpc) is 2.91. The lowest BCUT2D eigenvalue weighted by Crippen LogP contribution is -2.26. The summed E-state index contributed by atoms with van der Waals surface area (Å²) in [6.07, 6.45) is 1.67. The third kappa shape index (κ3) is 3.28. The maximum atomic E-state index is 12.2. The van der Waals surface area contributed by atoms with Crippen LogP contribution in [0.1, 0.15) is 15.9 Å². The SMILES string of the molecule is COc1ccc(/C=C2\CN(c3ccc(C(=O)O)cc3)C(=O)C2=O)cc1. The summed E-state index contributed by atoms with van der Waals surface area (Å²) in [5.41, 5.74) is 1.79. The highest BCUT2D eigenvalue weighted by atomic mass is 16.5. The minimum Gasteiger partial charge on any atom is -0.497 e. The second kappa shape index (κ2) is 6.60. The van der Waals surface area contributed by atoms with Crippen LogP contribution in [-0.2, 0) is 9.59 Å². The molecule has 0 bridgehead atoms. The summed E-state index contributed by atoms with van der Waals surface area (Å²) in [5.74, 6) is -1.52. The number of hydrogen-bond donors (Lipinski definition) is 1. The number of carboxylic acid groups (broad SMARTS) is 1. The molecule has 25 heavy (non-hydrogen) atoms. The zero-order valence-corrected chi connectivity index (χ0v) is 13.4. The van der Waals surface area contributed by atoms with Crippen LogP contribution < -0.4 is 9.64 Å². The van der Waals surface area contributed by atoms with Crippen molar-refractivity contribution in [3.8, 4) is 5.75 Å². The van der Waals surface area contributed by atoms with Crippen LogP contribution in [0.2, 0.25) is 0 Å². The second-order valence-corrected chi connectivity index (χ2v) is 5.52. The van der Waals surface area contributed by atoms with Gasteiger partial charge in [-0.25, -0.2) is 4.79 Å². The van der Waals surface area contributed by atoms with Crippen LogP contribution in [0, 0.1) is 0 Å². The van der Waals surface area contributed by atoms with Crippen molar-refractivity contribution in [2.45, 2.75) is 0 Å². The Balaban J connectivity index is 1.85. The van der Waals surface area contributed by atoms with Crippen molar-refractivity contribution in [3.63, 3.8) is 0 Å². The number of carboxylic acids is 1. The fraction of sp³-hybridized carbons (Fsp3) is 0.105. The lowest BCUT2D eigenvalue weighted by molar-refractivity contribution is -0.132. The van der Waals surface area contributed by atoms with Crippen LogP contribution in [0.3, 0.4) is 0 Å². The number of Topliss-reactive ketones (excluding diaryl/α,β-unsaturated/α-hetero) is 1. The third-order valence-corrected chi connectivity index (χ3v) is 3.94. The Hall–Kier alpha value is -3.41. The first kappa shape index (κ1) is 16.4. The van der Waals surface area contributed by atoms with Gasteiger partial charge in [-0.15, -0.1) is 0 Å². The predicted molar refractivity (Wildman–Crippen MR) is 91.7 cm³/mol. The second-order valence-electron chi connectivity index (χ2n) is 5.52. The molecule has 2 aromatic rings. The van der Waals surface area contributed by atoms with Gasteiger partial charge in [0.15, 0.2) is 0 Å². The van der Waals surface area contributed by atoms with Gasteiger partial charge >= 0.3 is 5.97 Å². The van der Waals surface area contributed by atoms with E-state index in [-0.39, 0.29) is 12.1 Å². The van der Waals surface area contributed by atoms with Crippen molar-refractivity contribution >= 4 is 29.4 Å². The normalized spacial score (nSPS) is 15.7. The molecule has 1 heterocycles. The number of hydrogen-bond acceptors (Lipinski definition) is 4. The number of methoxy groups -OCH3 is 1. The van der Waals surface area contributed by atoms with Gasteiger partial charge < -0.3 is 14.7 Å². The number of carbonyl (C=O) groups excluding carboxylic acids is 2. The topological polar surface area (TPSA) is 83.9 Å². The summed E-state index contributed by atoms with van der Waals surface area (Å²) in [4.78, 5) is 36.7. The van der Waals surface area contributed by atoms with Gasteiger partial charge in [0.2, 0.25) is 5.78 Å². The number of ketones is 1. The molecule has 0 radical (unpaired) electrons. The van der Waals surface area contributed by atoms with Gasteiger partial charge in [-0.05, 0) is 48.0 Å². The fourth-order valence-electron chi connectivity index (χ4n) is 2.58. The molecule has 1 aliphatic heterocycles. The molecular formula is C19H15NO5. The Morgan fingerprint density at radius 3 is 2.28 bits per heavy atom. The minimum atomic E-state index is -1.05. The molecule has 0 aromatic heterocycles. The Morgan fingerprint density at radius 1 is 1.08 bits per heavy atom. The molecule has 1 aliphatic rings. The van der Waals surface area contributed by atoms with Crippen molar-refractivity contribution in [1.82, 2.24) is 0 Å². The van der Waals surface area contributed by atoms with E-state index in [1.807, 2.05) is 0 Å². The highest BCUT2D eigenvalue weighted by Gasteiger charge is 2.35. The standard InChI is InChI=1S/C19H15NO5/c1-25-16-8-2-12(3-9-16)10-14-11-20(18(22)17(14)21)15-6-4-13(5-7-15)19(23)24/h2-10H,11H2,1H3,(H,23,24)/b14-10+. The molecule has 1 saturated heterocycles. The molecule has 126 valence electrons. The molecule has 1 amide bonds. The molecule has 0 unspecified atom stereocenters. The average molecular weight is 337 g/mol. The van der Waals surface area contributed by atoms with Gasteiger partial charge in [-0.3, -0.25) is 9.59 Å². The van der Waals surface area contributed by atoms with Gasteiger partial charge in [0.25, 0.3) is 5.91 Å². The molecule has 1 fully saturated rings. The zero-order valence-electron chi connectivity index (χ0n) is 13.4. The van der Waals surface area contributed by atoms with E-state index in [4.69, 9.17) is 9.84 Å². The fourth-order valence-corrected chi connectivity index (χ4v) is 2.58. The number of ether oxygens (including phenoxy) is 1. The number of anilines is 1. The predicted octanol–water partition coefficient (Wildman–Crippen LogP) is 2.39. The zero-order chi connectivity index (χ0) is 18.0. The number of amides is 1. The van der Waals surface area contributed by atoms with Crippen LogP contribution in [0.25, 0.3) is 6.08 Å². The Kier molecular flexibility index (Phi) is 4.35. The van der Waals surface area contributed by atoms with E-state index in [9.17, 15) is 14.4 Å². The third-order valence-electron chi connectivity index (χ3n) is 3.94. The van der Waals surface area contributed by atoms with Crippen molar-refractivity contribution in [2.24, 2.45) is 0 Å². The molecule has 2 aromatic carbocycles. The highest BCUT2D eigenvalue weighted by Crippen LogP contribution is 2.25. The van der Waals surface area contributed by atoms with E-state index in [1.165, 1.54) is 29.2 Å². The van der Waals surface area contributed by atoms with Crippen LogP contribution in [0.4, 0.5) is 5.69 Å². The summed E-state index contributed by atoms with van der Waals surface area (Å²) in [6.45, 7) is 0.149. The first-order valence-corrected chi connectivity index (χ1v) is 7.54. The monoisotopic (exact) mass is 337 g/mol. The summed E-state index contributed by atoms with van der Waals surface area (Å²) >= 11 is 0. The Morgan fingerprint density at radius 2 is 1.72 bits per heavy atom. The van der Waals surface area contributed by atoms with Crippen molar-refractivity contribution in [2.75, 3.05) is 18.6 Å². The Bertz CT molecular complexity index is 866. The molecule has 0 saturated carbocycles.